The fourth-order valence-corrected chi connectivity index (χ4v) is 2.76. The molecule has 0 aliphatic carbocycles. The summed E-state index contributed by atoms with van der Waals surface area (Å²) in [6.45, 7) is 9.28. The first-order valence-corrected chi connectivity index (χ1v) is 8.12. The number of aliphatic carboxylic acids is 1. The van der Waals surface area contributed by atoms with Crippen molar-refractivity contribution in [2.45, 2.75) is 40.3 Å². The Balaban J connectivity index is 2.52. The topological polar surface area (TPSA) is 91.8 Å². The third-order valence-corrected chi connectivity index (χ3v) is 4.08. The summed E-state index contributed by atoms with van der Waals surface area (Å²) in [6.07, 6.45) is -0.751. The average molecular weight is 329 g/mol. The van der Waals surface area contributed by atoms with Gasteiger partial charge in [0.25, 0.3) is 0 Å². The van der Waals surface area contributed by atoms with Gasteiger partial charge in [-0.3, -0.25) is 0 Å². The van der Waals surface area contributed by atoms with Gasteiger partial charge in [-0.15, -0.1) is 11.3 Å². The molecule has 1 aromatic rings. The highest BCUT2D eigenvalue weighted by Gasteiger charge is 2.24. The number of carboxylic acids is 1. The van der Waals surface area contributed by atoms with Crippen LogP contribution in [-0.4, -0.2) is 41.3 Å². The number of anilines is 1. The van der Waals surface area contributed by atoms with Crippen molar-refractivity contribution in [2.24, 2.45) is 5.92 Å². The van der Waals surface area contributed by atoms with E-state index in [0.717, 1.165) is 18.2 Å². The SMILES string of the molecule is CCN(CC)c1nc(COC(=O)NC(C(=O)O)C(C)C)cs1. The van der Waals surface area contributed by atoms with Crippen LogP contribution in [0.3, 0.4) is 0 Å². The number of hydrogen-bond donors (Lipinski definition) is 2. The predicted octanol–water partition coefficient (Wildman–Crippen LogP) is 2.32. The van der Waals surface area contributed by atoms with Crippen LogP contribution in [0, 0.1) is 5.92 Å². The summed E-state index contributed by atoms with van der Waals surface area (Å²) >= 11 is 1.49. The summed E-state index contributed by atoms with van der Waals surface area (Å²) in [4.78, 5) is 29.2. The Morgan fingerprint density at radius 1 is 1.41 bits per heavy atom. The highest BCUT2D eigenvalue weighted by molar-refractivity contribution is 7.13. The summed E-state index contributed by atoms with van der Waals surface area (Å²) < 4.78 is 5.03. The molecule has 124 valence electrons. The Morgan fingerprint density at radius 3 is 2.55 bits per heavy atom. The fourth-order valence-electron chi connectivity index (χ4n) is 1.82. The summed E-state index contributed by atoms with van der Waals surface area (Å²) in [5, 5.41) is 14.1. The number of alkyl carbamates (subject to hydrolysis) is 1. The van der Waals surface area contributed by atoms with Gasteiger partial charge in [-0.05, 0) is 19.8 Å². The Bertz CT molecular complexity index is 500. The molecule has 0 fully saturated rings. The number of carboxylic acid groups (broad SMARTS) is 1. The summed E-state index contributed by atoms with van der Waals surface area (Å²) in [5.74, 6) is -1.30. The minimum Gasteiger partial charge on any atom is -0.480 e. The van der Waals surface area contributed by atoms with E-state index in [1.807, 2.05) is 19.2 Å². The van der Waals surface area contributed by atoms with Crippen LogP contribution in [0.15, 0.2) is 5.38 Å². The predicted molar refractivity (Wildman–Crippen MR) is 85.3 cm³/mol. The normalized spacial score (nSPS) is 12.0. The van der Waals surface area contributed by atoms with Gasteiger partial charge in [0.05, 0.1) is 5.69 Å². The van der Waals surface area contributed by atoms with Crippen LogP contribution in [0.1, 0.15) is 33.4 Å². The summed E-state index contributed by atoms with van der Waals surface area (Å²) in [7, 11) is 0. The second-order valence-electron chi connectivity index (χ2n) is 5.07. The smallest absolute Gasteiger partial charge is 0.408 e. The molecule has 0 aliphatic rings. The lowest BCUT2D eigenvalue weighted by Crippen LogP contribution is -2.44. The monoisotopic (exact) mass is 329 g/mol. The molecule has 1 aromatic heterocycles. The van der Waals surface area contributed by atoms with E-state index >= 15 is 0 Å². The lowest BCUT2D eigenvalue weighted by molar-refractivity contribution is -0.140. The number of ether oxygens (including phenoxy) is 1. The quantitative estimate of drug-likeness (QED) is 0.760. The van der Waals surface area contributed by atoms with Crippen LogP contribution in [0.25, 0.3) is 0 Å². The molecule has 0 saturated heterocycles. The van der Waals surface area contributed by atoms with E-state index in [1.165, 1.54) is 11.3 Å². The molecule has 1 heterocycles. The zero-order valence-electron chi connectivity index (χ0n) is 13.3. The van der Waals surface area contributed by atoms with Crippen molar-refractivity contribution in [1.82, 2.24) is 10.3 Å². The maximum atomic E-state index is 11.7. The molecule has 0 bridgehead atoms. The highest BCUT2D eigenvalue weighted by atomic mass is 32.1. The minimum atomic E-state index is -1.08. The van der Waals surface area contributed by atoms with E-state index in [4.69, 9.17) is 9.84 Å². The average Bonchev–Trinajstić information content (AvgIpc) is 2.92. The van der Waals surface area contributed by atoms with Crippen molar-refractivity contribution in [3.63, 3.8) is 0 Å². The van der Waals surface area contributed by atoms with Gasteiger partial charge in [0.15, 0.2) is 5.13 Å². The zero-order chi connectivity index (χ0) is 16.7. The highest BCUT2D eigenvalue weighted by Crippen LogP contribution is 2.20. The van der Waals surface area contributed by atoms with Crippen molar-refractivity contribution >= 4 is 28.5 Å². The molecule has 0 aromatic carbocycles. The van der Waals surface area contributed by atoms with Gasteiger partial charge in [0, 0.05) is 18.5 Å². The number of carbonyl (C=O) groups is 2. The molecule has 1 rings (SSSR count). The van der Waals surface area contributed by atoms with Crippen molar-refractivity contribution < 1.29 is 19.4 Å². The molecule has 1 atom stereocenters. The number of amides is 1. The molecular formula is C14H23N3O4S. The van der Waals surface area contributed by atoms with Crippen LogP contribution in [0.5, 0.6) is 0 Å². The number of nitrogens with one attached hydrogen (secondary N) is 1. The number of carbonyl (C=O) groups excluding carboxylic acids is 1. The lowest BCUT2D eigenvalue weighted by atomic mass is 10.1. The Kier molecular flexibility index (Phi) is 7.10. The van der Waals surface area contributed by atoms with Crippen molar-refractivity contribution in [1.29, 1.82) is 0 Å². The molecule has 0 aliphatic heterocycles. The van der Waals surface area contributed by atoms with Gasteiger partial charge in [-0.2, -0.15) is 0 Å². The Morgan fingerprint density at radius 2 is 2.05 bits per heavy atom. The van der Waals surface area contributed by atoms with Gasteiger partial charge in [0.2, 0.25) is 0 Å². The van der Waals surface area contributed by atoms with E-state index < -0.39 is 18.1 Å². The molecule has 2 N–H and O–H groups in total. The first kappa shape index (κ1) is 18.2. The van der Waals surface area contributed by atoms with Crippen LogP contribution in [-0.2, 0) is 16.1 Å². The van der Waals surface area contributed by atoms with Crippen LogP contribution >= 0.6 is 11.3 Å². The standard InChI is InChI=1S/C14H23N3O4S/c1-5-17(6-2)13-15-10(8-22-13)7-21-14(20)16-11(9(3)4)12(18)19/h8-9,11H,5-7H2,1-4H3,(H,16,20)(H,18,19). The molecule has 0 spiro atoms. The summed E-state index contributed by atoms with van der Waals surface area (Å²) in [6, 6.07) is -0.964. The third-order valence-electron chi connectivity index (χ3n) is 3.13. The van der Waals surface area contributed by atoms with Gasteiger partial charge >= 0.3 is 12.1 Å². The van der Waals surface area contributed by atoms with Crippen LogP contribution in [0.2, 0.25) is 0 Å². The first-order valence-electron chi connectivity index (χ1n) is 7.24. The van der Waals surface area contributed by atoms with Crippen LogP contribution < -0.4 is 10.2 Å². The molecule has 22 heavy (non-hydrogen) atoms. The molecule has 1 unspecified atom stereocenters. The molecule has 0 saturated carbocycles. The van der Waals surface area contributed by atoms with Crippen molar-refractivity contribution in [3.8, 4) is 0 Å². The van der Waals surface area contributed by atoms with Crippen LogP contribution in [0.4, 0.5) is 9.93 Å². The Labute approximate surface area is 134 Å². The van der Waals surface area contributed by atoms with E-state index in [9.17, 15) is 9.59 Å². The van der Waals surface area contributed by atoms with E-state index in [-0.39, 0.29) is 12.5 Å². The number of rotatable bonds is 8. The van der Waals surface area contributed by atoms with Gasteiger partial charge in [-0.1, -0.05) is 13.8 Å². The summed E-state index contributed by atoms with van der Waals surface area (Å²) in [5.41, 5.74) is 0.651. The third kappa shape index (κ3) is 5.18. The molecular weight excluding hydrogens is 306 g/mol. The molecule has 8 heteroatoms. The second-order valence-corrected chi connectivity index (χ2v) is 5.91. The molecule has 7 nitrogen and oxygen atoms in total. The molecule has 1 amide bonds. The fraction of sp³-hybridized carbons (Fsp3) is 0.643. The van der Waals surface area contributed by atoms with Gasteiger partial charge in [0.1, 0.15) is 12.6 Å². The lowest BCUT2D eigenvalue weighted by Gasteiger charge is -2.17. The largest absolute Gasteiger partial charge is 0.480 e. The molecule has 0 radical (unpaired) electrons. The number of aromatic nitrogens is 1. The number of nitrogens with zero attached hydrogens (tertiary/aromatic N) is 2. The number of hydrogen-bond acceptors (Lipinski definition) is 6. The van der Waals surface area contributed by atoms with E-state index in [2.05, 4.69) is 15.2 Å². The van der Waals surface area contributed by atoms with Crippen molar-refractivity contribution in [3.05, 3.63) is 11.1 Å². The van der Waals surface area contributed by atoms with Crippen molar-refractivity contribution in [2.75, 3.05) is 18.0 Å². The van der Waals surface area contributed by atoms with E-state index in [0.29, 0.717) is 5.69 Å². The minimum absolute atomic E-state index is 0.0219. The zero-order valence-corrected chi connectivity index (χ0v) is 14.1. The van der Waals surface area contributed by atoms with E-state index in [1.54, 1.807) is 13.8 Å². The Hall–Kier alpha value is -1.83. The van der Waals surface area contributed by atoms with Gasteiger partial charge < -0.3 is 20.1 Å². The van der Waals surface area contributed by atoms with Gasteiger partial charge in [-0.25, -0.2) is 14.6 Å². The first-order chi connectivity index (χ1) is 10.4. The number of thiazole rings is 1. The maximum Gasteiger partial charge on any atom is 0.408 e. The second kappa shape index (κ2) is 8.57. The maximum absolute atomic E-state index is 11.7.